The summed E-state index contributed by atoms with van der Waals surface area (Å²) in [5, 5.41) is 19.5. The lowest BCUT2D eigenvalue weighted by Crippen LogP contribution is -2.46. The molecule has 7 nitrogen and oxygen atoms in total. The van der Waals surface area contributed by atoms with Crippen LogP contribution < -0.4 is 4.72 Å². The average Bonchev–Trinajstić information content (AvgIpc) is 2.27. The van der Waals surface area contributed by atoms with Crippen LogP contribution in [0.25, 0.3) is 0 Å². The predicted octanol–water partition coefficient (Wildman–Crippen LogP) is 0.783. The highest BCUT2D eigenvalue weighted by molar-refractivity contribution is 7.89. The first-order valence-corrected chi connectivity index (χ1v) is 6.66. The molecule has 106 valence electrons. The van der Waals surface area contributed by atoms with Crippen LogP contribution in [0, 0.1) is 15.9 Å². The molecule has 9 heteroatoms. The molecule has 0 bridgehead atoms. The number of benzene rings is 1. The Morgan fingerprint density at radius 2 is 2.05 bits per heavy atom. The van der Waals surface area contributed by atoms with E-state index in [4.69, 9.17) is 5.11 Å². The van der Waals surface area contributed by atoms with E-state index in [1.54, 1.807) is 0 Å². The molecule has 0 fully saturated rings. The fraction of sp³-hybridized carbons (Fsp3) is 0.400. The minimum absolute atomic E-state index is 0.511. The molecule has 0 unspecified atom stereocenters. The molecule has 19 heavy (non-hydrogen) atoms. The first-order chi connectivity index (χ1) is 8.59. The number of nitrogens with zero attached hydrogens (tertiary/aromatic N) is 1. The van der Waals surface area contributed by atoms with Gasteiger partial charge in [-0.25, -0.2) is 17.5 Å². The average molecular weight is 292 g/mol. The second-order valence-corrected chi connectivity index (χ2v) is 6.17. The zero-order chi connectivity index (χ0) is 14.8. The third-order valence-corrected chi connectivity index (χ3v) is 3.93. The van der Waals surface area contributed by atoms with Crippen LogP contribution >= 0.6 is 0 Å². The van der Waals surface area contributed by atoms with Gasteiger partial charge in [-0.15, -0.1) is 0 Å². The Bertz CT molecular complexity index is 600. The van der Waals surface area contributed by atoms with Crippen LogP contribution in [-0.2, 0) is 10.0 Å². The van der Waals surface area contributed by atoms with Crippen LogP contribution in [0.3, 0.4) is 0 Å². The highest BCUT2D eigenvalue weighted by Gasteiger charge is 2.29. The van der Waals surface area contributed by atoms with Gasteiger partial charge >= 0.3 is 0 Å². The van der Waals surface area contributed by atoms with Gasteiger partial charge in [0.25, 0.3) is 5.69 Å². The first-order valence-electron chi connectivity index (χ1n) is 5.18. The Morgan fingerprint density at radius 3 is 2.53 bits per heavy atom. The number of non-ortho nitro benzene ring substituents is 1. The summed E-state index contributed by atoms with van der Waals surface area (Å²) < 4.78 is 39.4. The van der Waals surface area contributed by atoms with Crippen molar-refractivity contribution in [3.63, 3.8) is 0 Å². The van der Waals surface area contributed by atoms with Crippen LogP contribution in [0.5, 0.6) is 0 Å². The minimum Gasteiger partial charge on any atom is -0.394 e. The maximum atomic E-state index is 13.5. The van der Waals surface area contributed by atoms with Crippen LogP contribution in [0.1, 0.15) is 13.8 Å². The maximum Gasteiger partial charge on any atom is 0.270 e. The van der Waals surface area contributed by atoms with E-state index in [-0.39, 0.29) is 0 Å². The monoisotopic (exact) mass is 292 g/mol. The molecule has 0 heterocycles. The van der Waals surface area contributed by atoms with E-state index in [1.165, 1.54) is 13.8 Å². The second-order valence-electron chi connectivity index (χ2n) is 4.52. The molecule has 0 saturated carbocycles. The van der Waals surface area contributed by atoms with E-state index in [1.807, 2.05) is 0 Å². The molecule has 0 radical (unpaired) electrons. The van der Waals surface area contributed by atoms with Gasteiger partial charge in [0, 0.05) is 12.1 Å². The van der Waals surface area contributed by atoms with Crippen molar-refractivity contribution in [3.8, 4) is 0 Å². The normalized spacial score (nSPS) is 12.4. The number of aliphatic hydroxyl groups is 1. The van der Waals surface area contributed by atoms with Crippen molar-refractivity contribution in [2.24, 2.45) is 0 Å². The zero-order valence-corrected chi connectivity index (χ0v) is 11.1. The molecule has 0 aromatic heterocycles. The van der Waals surface area contributed by atoms with Gasteiger partial charge in [-0.05, 0) is 19.9 Å². The number of aliphatic hydroxyl groups excluding tert-OH is 1. The van der Waals surface area contributed by atoms with Crippen LogP contribution in [0.2, 0.25) is 0 Å². The Hall–Kier alpha value is -1.58. The summed E-state index contributed by atoms with van der Waals surface area (Å²) in [5.41, 5.74) is -1.75. The van der Waals surface area contributed by atoms with E-state index in [9.17, 15) is 22.9 Å². The lowest BCUT2D eigenvalue weighted by Gasteiger charge is -2.23. The summed E-state index contributed by atoms with van der Waals surface area (Å²) in [5.74, 6) is -1.10. The molecular weight excluding hydrogens is 279 g/mol. The molecule has 1 aromatic carbocycles. The number of hydrogen-bond donors (Lipinski definition) is 2. The van der Waals surface area contributed by atoms with Gasteiger partial charge in [0.2, 0.25) is 10.0 Å². The van der Waals surface area contributed by atoms with Gasteiger partial charge in [-0.2, -0.15) is 0 Å². The standard InChI is InChI=1S/C10H13FN2O5S/c1-10(2,6-14)12-19(17,18)9-5-7(13(15)16)3-4-8(9)11/h3-5,12,14H,6H2,1-2H3. The van der Waals surface area contributed by atoms with E-state index >= 15 is 0 Å². The highest BCUT2D eigenvalue weighted by Crippen LogP contribution is 2.22. The van der Waals surface area contributed by atoms with Gasteiger partial charge in [0.1, 0.15) is 10.7 Å². The van der Waals surface area contributed by atoms with E-state index in [2.05, 4.69) is 4.72 Å². The molecule has 0 atom stereocenters. The molecule has 0 spiro atoms. The summed E-state index contributed by atoms with van der Waals surface area (Å²) in [7, 11) is -4.31. The fourth-order valence-corrected chi connectivity index (χ4v) is 2.77. The Kier molecular flexibility index (Phi) is 4.23. The summed E-state index contributed by atoms with van der Waals surface area (Å²) in [4.78, 5) is 8.91. The van der Waals surface area contributed by atoms with Crippen molar-refractivity contribution in [1.82, 2.24) is 4.72 Å². The Labute approximate surface area is 109 Å². The van der Waals surface area contributed by atoms with Crippen molar-refractivity contribution in [2.45, 2.75) is 24.3 Å². The highest BCUT2D eigenvalue weighted by atomic mass is 32.2. The van der Waals surface area contributed by atoms with Gasteiger partial charge in [-0.3, -0.25) is 10.1 Å². The van der Waals surface area contributed by atoms with Crippen molar-refractivity contribution in [3.05, 3.63) is 34.1 Å². The van der Waals surface area contributed by atoms with Gasteiger partial charge in [-0.1, -0.05) is 0 Å². The van der Waals surface area contributed by atoms with E-state index < -0.39 is 43.5 Å². The van der Waals surface area contributed by atoms with Crippen molar-refractivity contribution < 1.29 is 22.8 Å². The quantitative estimate of drug-likeness (QED) is 0.615. The number of nitrogens with one attached hydrogen (secondary N) is 1. The first kappa shape index (κ1) is 15.5. The van der Waals surface area contributed by atoms with Crippen LogP contribution in [0.4, 0.5) is 10.1 Å². The third-order valence-electron chi connectivity index (χ3n) is 2.22. The topological polar surface area (TPSA) is 110 Å². The molecule has 0 aliphatic rings. The predicted molar refractivity (Wildman–Crippen MR) is 64.5 cm³/mol. The third kappa shape index (κ3) is 3.69. The molecular formula is C10H13FN2O5S. The summed E-state index contributed by atoms with van der Waals surface area (Å²) in [6.07, 6.45) is 0. The number of rotatable bonds is 5. The number of nitro groups is 1. The Morgan fingerprint density at radius 1 is 1.47 bits per heavy atom. The van der Waals surface area contributed by atoms with Crippen molar-refractivity contribution in [1.29, 1.82) is 0 Å². The molecule has 2 N–H and O–H groups in total. The molecule has 0 aliphatic carbocycles. The molecule has 1 aromatic rings. The smallest absolute Gasteiger partial charge is 0.270 e. The second kappa shape index (κ2) is 5.19. The molecule has 0 aliphatic heterocycles. The maximum absolute atomic E-state index is 13.5. The van der Waals surface area contributed by atoms with Gasteiger partial charge in [0.15, 0.2) is 0 Å². The summed E-state index contributed by atoms with van der Waals surface area (Å²) in [6.45, 7) is 2.27. The lowest BCUT2D eigenvalue weighted by atomic mass is 10.1. The molecule has 0 saturated heterocycles. The van der Waals surface area contributed by atoms with Crippen molar-refractivity contribution in [2.75, 3.05) is 6.61 Å². The van der Waals surface area contributed by atoms with Gasteiger partial charge < -0.3 is 5.11 Å². The summed E-state index contributed by atoms with van der Waals surface area (Å²) >= 11 is 0. The van der Waals surface area contributed by atoms with Crippen LogP contribution in [-0.4, -0.2) is 30.6 Å². The number of halogens is 1. The zero-order valence-electron chi connectivity index (χ0n) is 10.3. The molecule has 0 amide bonds. The van der Waals surface area contributed by atoms with E-state index in [0.717, 1.165) is 6.07 Å². The number of sulfonamides is 1. The van der Waals surface area contributed by atoms with Crippen LogP contribution in [0.15, 0.2) is 23.1 Å². The SMILES string of the molecule is CC(C)(CO)NS(=O)(=O)c1cc([N+](=O)[O-])ccc1F. The number of nitro benzene ring substituents is 1. The molecule has 1 rings (SSSR count). The van der Waals surface area contributed by atoms with Crippen molar-refractivity contribution >= 4 is 15.7 Å². The van der Waals surface area contributed by atoms with Gasteiger partial charge in [0.05, 0.1) is 17.1 Å². The number of hydrogen-bond acceptors (Lipinski definition) is 5. The Balaban J connectivity index is 3.28. The van der Waals surface area contributed by atoms with E-state index in [0.29, 0.717) is 12.1 Å². The fourth-order valence-electron chi connectivity index (χ4n) is 1.26. The minimum atomic E-state index is -4.31. The lowest BCUT2D eigenvalue weighted by molar-refractivity contribution is -0.385. The summed E-state index contributed by atoms with van der Waals surface area (Å²) in [6, 6.07) is 2.20. The largest absolute Gasteiger partial charge is 0.394 e.